The van der Waals surface area contributed by atoms with Gasteiger partial charge in [-0.05, 0) is 42.4 Å². The Labute approximate surface area is 148 Å². The third-order valence-corrected chi connectivity index (χ3v) is 5.56. The Balaban J connectivity index is 1.56. The minimum absolute atomic E-state index is 0.00362. The zero-order chi connectivity index (χ0) is 17.9. The van der Waals surface area contributed by atoms with E-state index in [0.29, 0.717) is 39.0 Å². The number of amides is 2. The molecule has 2 aliphatic rings. The van der Waals surface area contributed by atoms with Gasteiger partial charge in [0.25, 0.3) is 0 Å². The summed E-state index contributed by atoms with van der Waals surface area (Å²) in [5.74, 6) is 0.389. The molecule has 0 radical (unpaired) electrons. The van der Waals surface area contributed by atoms with Gasteiger partial charge in [-0.3, -0.25) is 9.59 Å². The highest BCUT2D eigenvalue weighted by atomic mass is 16.3. The predicted octanol–water partition coefficient (Wildman–Crippen LogP) is 1.16. The van der Waals surface area contributed by atoms with E-state index in [1.807, 2.05) is 11.0 Å². The minimum atomic E-state index is -0.00362. The second kappa shape index (κ2) is 7.44. The molecule has 3 rings (SSSR count). The Morgan fingerprint density at radius 2 is 1.96 bits per heavy atom. The van der Waals surface area contributed by atoms with Crippen molar-refractivity contribution in [1.29, 1.82) is 0 Å². The molecule has 6 heteroatoms. The highest BCUT2D eigenvalue weighted by Crippen LogP contribution is 2.40. The van der Waals surface area contributed by atoms with E-state index in [2.05, 4.69) is 0 Å². The molecule has 0 bridgehead atoms. The number of hydrogen-bond acceptors (Lipinski definition) is 4. The van der Waals surface area contributed by atoms with Crippen LogP contribution in [0.5, 0.6) is 5.75 Å². The number of aromatic hydroxyl groups is 1. The lowest BCUT2D eigenvalue weighted by Gasteiger charge is -2.47. The first-order valence-corrected chi connectivity index (χ1v) is 8.96. The summed E-state index contributed by atoms with van der Waals surface area (Å²) >= 11 is 0. The number of β-amino-alcohol motifs (C(OH)–C–C–N with tert-alkyl or cyclic N) is 1. The number of aliphatic hydroxyl groups is 1. The second-order valence-corrected chi connectivity index (χ2v) is 7.27. The van der Waals surface area contributed by atoms with Crippen molar-refractivity contribution >= 4 is 11.8 Å². The average Bonchev–Trinajstić information content (AvgIpc) is 2.59. The number of piperidine rings is 2. The minimum Gasteiger partial charge on any atom is -0.508 e. The molecule has 0 saturated carbocycles. The molecule has 25 heavy (non-hydrogen) atoms. The number of likely N-dealkylation sites (tertiary alicyclic amines) is 2. The molecular weight excluding hydrogens is 320 g/mol. The summed E-state index contributed by atoms with van der Waals surface area (Å²) in [6.07, 6.45) is 3.51. The van der Waals surface area contributed by atoms with Gasteiger partial charge in [0, 0.05) is 32.6 Å². The molecule has 6 nitrogen and oxygen atoms in total. The number of hydrogen-bond donors (Lipinski definition) is 2. The maximum Gasteiger partial charge on any atom is 0.226 e. The molecule has 1 aromatic rings. The second-order valence-electron chi connectivity index (χ2n) is 7.27. The van der Waals surface area contributed by atoms with Crippen LogP contribution in [0.25, 0.3) is 0 Å². The van der Waals surface area contributed by atoms with E-state index in [9.17, 15) is 14.7 Å². The fraction of sp³-hybridized carbons (Fsp3) is 0.579. The quantitative estimate of drug-likeness (QED) is 0.857. The van der Waals surface area contributed by atoms with Crippen molar-refractivity contribution in [1.82, 2.24) is 9.80 Å². The highest BCUT2D eigenvalue weighted by Gasteiger charge is 2.41. The van der Waals surface area contributed by atoms with E-state index in [-0.39, 0.29) is 29.6 Å². The van der Waals surface area contributed by atoms with Crippen molar-refractivity contribution < 1.29 is 19.8 Å². The van der Waals surface area contributed by atoms with Crippen molar-refractivity contribution in [3.05, 3.63) is 29.8 Å². The van der Waals surface area contributed by atoms with Crippen LogP contribution in [-0.2, 0) is 16.0 Å². The fourth-order valence-electron chi connectivity index (χ4n) is 4.02. The number of phenols is 1. The summed E-state index contributed by atoms with van der Waals surface area (Å²) in [5, 5.41) is 18.7. The third kappa shape index (κ3) is 4.12. The normalized spacial score (nSPS) is 20.1. The molecule has 0 atom stereocenters. The van der Waals surface area contributed by atoms with Crippen LogP contribution in [0.2, 0.25) is 0 Å². The van der Waals surface area contributed by atoms with E-state index in [0.717, 1.165) is 24.8 Å². The average molecular weight is 346 g/mol. The first-order valence-electron chi connectivity index (χ1n) is 8.96. The van der Waals surface area contributed by atoms with Crippen LogP contribution in [0.3, 0.4) is 0 Å². The Hall–Kier alpha value is -2.08. The van der Waals surface area contributed by atoms with Crippen LogP contribution in [0.1, 0.15) is 31.2 Å². The molecule has 0 aliphatic carbocycles. The summed E-state index contributed by atoms with van der Waals surface area (Å²) in [7, 11) is 0. The summed E-state index contributed by atoms with van der Waals surface area (Å²) in [6, 6.07) is 6.82. The van der Waals surface area contributed by atoms with Gasteiger partial charge in [0.15, 0.2) is 0 Å². The first kappa shape index (κ1) is 17.7. The Morgan fingerprint density at radius 1 is 1.20 bits per heavy atom. The molecule has 2 fully saturated rings. The van der Waals surface area contributed by atoms with Gasteiger partial charge in [0.2, 0.25) is 11.8 Å². The van der Waals surface area contributed by atoms with Crippen LogP contribution in [-0.4, -0.2) is 64.6 Å². The van der Waals surface area contributed by atoms with Gasteiger partial charge in [-0.2, -0.15) is 0 Å². The summed E-state index contributed by atoms with van der Waals surface area (Å²) in [6.45, 7) is 2.51. The van der Waals surface area contributed by atoms with Crippen molar-refractivity contribution in [3.63, 3.8) is 0 Å². The van der Waals surface area contributed by atoms with Crippen LogP contribution in [0, 0.1) is 5.41 Å². The number of rotatable bonds is 4. The zero-order valence-electron chi connectivity index (χ0n) is 14.5. The topological polar surface area (TPSA) is 81.1 Å². The lowest BCUT2D eigenvalue weighted by Crippen LogP contribution is -2.53. The molecule has 2 aliphatic heterocycles. The Bertz CT molecular complexity index is 638. The Morgan fingerprint density at radius 3 is 2.64 bits per heavy atom. The molecule has 1 aromatic carbocycles. The van der Waals surface area contributed by atoms with Crippen LogP contribution in [0.15, 0.2) is 24.3 Å². The van der Waals surface area contributed by atoms with Gasteiger partial charge < -0.3 is 20.0 Å². The van der Waals surface area contributed by atoms with E-state index < -0.39 is 0 Å². The molecule has 136 valence electrons. The van der Waals surface area contributed by atoms with E-state index >= 15 is 0 Å². The number of carbonyl (C=O) groups excluding carboxylic acids is 2. The lowest BCUT2D eigenvalue weighted by molar-refractivity contribution is -0.142. The van der Waals surface area contributed by atoms with Gasteiger partial charge in [0.05, 0.1) is 13.0 Å². The number of nitrogens with zero attached hydrogens (tertiary/aromatic N) is 2. The van der Waals surface area contributed by atoms with Crippen molar-refractivity contribution in [2.24, 2.45) is 5.41 Å². The number of benzene rings is 1. The van der Waals surface area contributed by atoms with Gasteiger partial charge >= 0.3 is 0 Å². The summed E-state index contributed by atoms with van der Waals surface area (Å²) in [4.78, 5) is 28.1. The van der Waals surface area contributed by atoms with Gasteiger partial charge in [-0.15, -0.1) is 0 Å². The zero-order valence-corrected chi connectivity index (χ0v) is 14.5. The van der Waals surface area contributed by atoms with Gasteiger partial charge in [-0.1, -0.05) is 12.1 Å². The van der Waals surface area contributed by atoms with Crippen molar-refractivity contribution in [2.75, 3.05) is 32.8 Å². The maximum atomic E-state index is 12.5. The first-order chi connectivity index (χ1) is 12.0. The number of carbonyl (C=O) groups is 2. The predicted molar refractivity (Wildman–Crippen MR) is 93.0 cm³/mol. The molecule has 0 aromatic heterocycles. The molecule has 2 N–H and O–H groups in total. The fourth-order valence-corrected chi connectivity index (χ4v) is 4.02. The SMILES string of the molecule is O=C(Cc1cccc(O)c1)N1CCC2(CCC(=O)N(CCO)C2)CC1. The maximum absolute atomic E-state index is 12.5. The number of phenolic OH excluding ortho intramolecular Hbond substituents is 1. The highest BCUT2D eigenvalue weighted by molar-refractivity contribution is 5.79. The molecule has 2 amide bonds. The van der Waals surface area contributed by atoms with Crippen LogP contribution >= 0.6 is 0 Å². The van der Waals surface area contributed by atoms with E-state index in [1.54, 1.807) is 23.1 Å². The third-order valence-electron chi connectivity index (χ3n) is 5.56. The van der Waals surface area contributed by atoms with E-state index in [1.165, 1.54) is 0 Å². The molecule has 2 heterocycles. The molecule has 0 unspecified atom stereocenters. The van der Waals surface area contributed by atoms with Crippen molar-refractivity contribution in [2.45, 2.75) is 32.1 Å². The van der Waals surface area contributed by atoms with Crippen LogP contribution in [0.4, 0.5) is 0 Å². The number of aliphatic hydroxyl groups excluding tert-OH is 1. The Kier molecular flexibility index (Phi) is 5.27. The monoisotopic (exact) mass is 346 g/mol. The largest absolute Gasteiger partial charge is 0.508 e. The summed E-state index contributed by atoms with van der Waals surface area (Å²) < 4.78 is 0. The molecule has 1 spiro atoms. The van der Waals surface area contributed by atoms with E-state index in [4.69, 9.17) is 5.11 Å². The van der Waals surface area contributed by atoms with Crippen LogP contribution < -0.4 is 0 Å². The molecule has 2 saturated heterocycles. The van der Waals surface area contributed by atoms with Crippen molar-refractivity contribution in [3.8, 4) is 5.75 Å². The lowest BCUT2D eigenvalue weighted by atomic mass is 9.72. The molecular formula is C19H26N2O4. The summed E-state index contributed by atoms with van der Waals surface area (Å²) in [5.41, 5.74) is 0.910. The van der Waals surface area contributed by atoms with Gasteiger partial charge in [-0.25, -0.2) is 0 Å². The van der Waals surface area contributed by atoms with Gasteiger partial charge in [0.1, 0.15) is 5.75 Å². The smallest absolute Gasteiger partial charge is 0.226 e. The standard InChI is InChI=1S/C19H26N2O4/c22-11-10-21-14-19(5-4-17(21)24)6-8-20(9-7-19)18(25)13-15-2-1-3-16(23)12-15/h1-3,12,22-23H,4-11,13-14H2.